The number of Topliss-reactive ketones (excluding diaryl/α,β-unsaturated/α-hetero) is 1. The van der Waals surface area contributed by atoms with Crippen LogP contribution in [0.3, 0.4) is 0 Å². The third-order valence-corrected chi connectivity index (χ3v) is 1.95. The minimum Gasteiger partial charge on any atom is -0.481 e. The molecule has 0 aliphatic carbocycles. The van der Waals surface area contributed by atoms with E-state index in [1.807, 2.05) is 0 Å². The van der Waals surface area contributed by atoms with Gasteiger partial charge in [-0.3, -0.25) is 15.4 Å². The molecule has 0 fully saturated rings. The van der Waals surface area contributed by atoms with Gasteiger partial charge < -0.3 is 10.5 Å². The number of hydrogen-bond acceptors (Lipinski definition) is 4. The van der Waals surface area contributed by atoms with E-state index in [1.165, 1.54) is 0 Å². The lowest BCUT2D eigenvalue weighted by atomic mass is 10.0. The van der Waals surface area contributed by atoms with Gasteiger partial charge in [0.15, 0.2) is 5.78 Å². The molecule has 0 saturated heterocycles. The maximum absolute atomic E-state index is 11.6. The molecule has 1 aromatic rings. The molecular formula is C10H12N2O3. The van der Waals surface area contributed by atoms with Crippen LogP contribution in [0.15, 0.2) is 24.3 Å². The van der Waals surface area contributed by atoms with Crippen molar-refractivity contribution in [1.82, 2.24) is 0 Å². The Morgan fingerprint density at radius 1 is 1.27 bits per heavy atom. The van der Waals surface area contributed by atoms with Crippen LogP contribution in [0, 0.1) is 0 Å². The lowest BCUT2D eigenvalue weighted by Gasteiger charge is -2.06. The first-order valence-electron chi connectivity index (χ1n) is 4.45. The second-order valence-corrected chi connectivity index (χ2v) is 3.01. The van der Waals surface area contributed by atoms with Crippen LogP contribution in [-0.2, 0) is 4.79 Å². The van der Waals surface area contributed by atoms with Gasteiger partial charge in [0.25, 0.3) is 0 Å². The Kier molecular flexibility index (Phi) is 3.82. The molecule has 5 heteroatoms. The van der Waals surface area contributed by atoms with E-state index < -0.39 is 5.97 Å². The Morgan fingerprint density at radius 2 is 1.93 bits per heavy atom. The largest absolute Gasteiger partial charge is 0.481 e. The summed E-state index contributed by atoms with van der Waals surface area (Å²) in [6.07, 6.45) is -0.189. The van der Waals surface area contributed by atoms with E-state index >= 15 is 0 Å². The SMILES string of the molecule is NNc1ccccc1C(=O)CCC(=O)O. The Morgan fingerprint density at radius 3 is 2.53 bits per heavy atom. The van der Waals surface area contributed by atoms with E-state index in [0.717, 1.165) is 0 Å². The number of anilines is 1. The summed E-state index contributed by atoms with van der Waals surface area (Å²) >= 11 is 0. The minimum atomic E-state index is -0.985. The summed E-state index contributed by atoms with van der Waals surface area (Å²) in [5, 5.41) is 8.44. The van der Waals surface area contributed by atoms with E-state index in [0.29, 0.717) is 11.3 Å². The van der Waals surface area contributed by atoms with Crippen molar-refractivity contribution in [3.05, 3.63) is 29.8 Å². The molecule has 0 spiro atoms. The second kappa shape index (κ2) is 5.11. The van der Waals surface area contributed by atoms with Gasteiger partial charge in [0.1, 0.15) is 0 Å². The molecular weight excluding hydrogens is 196 g/mol. The monoisotopic (exact) mass is 208 g/mol. The first-order valence-corrected chi connectivity index (χ1v) is 4.45. The molecule has 0 unspecified atom stereocenters. The van der Waals surface area contributed by atoms with Crippen LogP contribution in [0.1, 0.15) is 23.2 Å². The number of hydrazine groups is 1. The third kappa shape index (κ3) is 3.07. The van der Waals surface area contributed by atoms with E-state index in [-0.39, 0.29) is 18.6 Å². The molecule has 0 aliphatic rings. The number of rotatable bonds is 5. The number of nitrogen functional groups attached to an aromatic ring is 1. The topological polar surface area (TPSA) is 92.4 Å². The molecule has 80 valence electrons. The summed E-state index contributed by atoms with van der Waals surface area (Å²) < 4.78 is 0. The quantitative estimate of drug-likeness (QED) is 0.381. The van der Waals surface area contributed by atoms with Crippen molar-refractivity contribution in [1.29, 1.82) is 0 Å². The van der Waals surface area contributed by atoms with Crippen molar-refractivity contribution < 1.29 is 14.7 Å². The fraction of sp³-hybridized carbons (Fsp3) is 0.200. The molecule has 0 bridgehead atoms. The van der Waals surface area contributed by atoms with E-state index in [9.17, 15) is 9.59 Å². The van der Waals surface area contributed by atoms with E-state index in [4.69, 9.17) is 10.9 Å². The highest BCUT2D eigenvalue weighted by Gasteiger charge is 2.11. The van der Waals surface area contributed by atoms with Crippen LogP contribution in [0.5, 0.6) is 0 Å². The van der Waals surface area contributed by atoms with Gasteiger partial charge in [0.05, 0.1) is 12.1 Å². The molecule has 0 heterocycles. The zero-order chi connectivity index (χ0) is 11.3. The van der Waals surface area contributed by atoms with Gasteiger partial charge in [-0.15, -0.1) is 0 Å². The number of carboxylic acids is 1. The van der Waals surface area contributed by atoms with Crippen molar-refractivity contribution in [2.24, 2.45) is 5.84 Å². The summed E-state index contributed by atoms with van der Waals surface area (Å²) in [5.74, 6) is 4.01. The molecule has 5 nitrogen and oxygen atoms in total. The zero-order valence-corrected chi connectivity index (χ0v) is 8.06. The number of para-hydroxylation sites is 1. The first kappa shape index (κ1) is 11.2. The summed E-state index contributed by atoms with van der Waals surface area (Å²) in [4.78, 5) is 21.9. The van der Waals surface area contributed by atoms with Gasteiger partial charge in [-0.2, -0.15) is 0 Å². The third-order valence-electron chi connectivity index (χ3n) is 1.95. The number of ketones is 1. The van der Waals surface area contributed by atoms with Gasteiger partial charge in [-0.1, -0.05) is 12.1 Å². The van der Waals surface area contributed by atoms with Crippen molar-refractivity contribution in [3.63, 3.8) is 0 Å². The highest BCUT2D eigenvalue weighted by Crippen LogP contribution is 2.16. The van der Waals surface area contributed by atoms with Crippen molar-refractivity contribution in [2.75, 3.05) is 5.43 Å². The van der Waals surface area contributed by atoms with Crippen LogP contribution in [0.4, 0.5) is 5.69 Å². The van der Waals surface area contributed by atoms with E-state index in [1.54, 1.807) is 24.3 Å². The van der Waals surface area contributed by atoms with Gasteiger partial charge in [-0.25, -0.2) is 0 Å². The molecule has 0 radical (unpaired) electrons. The fourth-order valence-corrected chi connectivity index (χ4v) is 1.21. The lowest BCUT2D eigenvalue weighted by Crippen LogP contribution is -2.12. The van der Waals surface area contributed by atoms with Gasteiger partial charge in [0, 0.05) is 12.0 Å². The molecule has 1 aromatic carbocycles. The highest BCUT2D eigenvalue weighted by atomic mass is 16.4. The Balaban J connectivity index is 2.77. The number of carbonyl (C=O) groups excluding carboxylic acids is 1. The smallest absolute Gasteiger partial charge is 0.303 e. The maximum Gasteiger partial charge on any atom is 0.303 e. The molecule has 4 N–H and O–H groups in total. The minimum absolute atomic E-state index is 0.0198. The second-order valence-electron chi connectivity index (χ2n) is 3.01. The predicted molar refractivity (Wildman–Crippen MR) is 55.5 cm³/mol. The first-order chi connectivity index (χ1) is 7.15. The Hall–Kier alpha value is -1.88. The average molecular weight is 208 g/mol. The zero-order valence-electron chi connectivity index (χ0n) is 8.06. The standard InChI is InChI=1S/C10H12N2O3/c11-12-8-4-2-1-3-7(8)9(13)5-6-10(14)15/h1-4,12H,5-6,11H2,(H,14,15). The molecule has 1 rings (SSSR count). The van der Waals surface area contributed by atoms with Crippen LogP contribution in [0.2, 0.25) is 0 Å². The van der Waals surface area contributed by atoms with Crippen LogP contribution < -0.4 is 11.3 Å². The number of hydrogen-bond donors (Lipinski definition) is 3. The van der Waals surface area contributed by atoms with E-state index in [2.05, 4.69) is 5.43 Å². The molecule has 0 atom stereocenters. The molecule has 0 aliphatic heterocycles. The van der Waals surface area contributed by atoms with Gasteiger partial charge in [-0.05, 0) is 12.1 Å². The number of carboxylic acid groups (broad SMARTS) is 1. The lowest BCUT2D eigenvalue weighted by molar-refractivity contribution is -0.136. The molecule has 0 amide bonds. The number of benzene rings is 1. The highest BCUT2D eigenvalue weighted by molar-refractivity contribution is 6.02. The fourth-order valence-electron chi connectivity index (χ4n) is 1.21. The number of nitrogens with one attached hydrogen (secondary N) is 1. The summed E-state index contributed by atoms with van der Waals surface area (Å²) in [5.41, 5.74) is 3.32. The predicted octanol–water partition coefficient (Wildman–Crippen LogP) is 1.02. The summed E-state index contributed by atoms with van der Waals surface area (Å²) in [7, 11) is 0. The average Bonchev–Trinajstić information content (AvgIpc) is 2.25. The van der Waals surface area contributed by atoms with Gasteiger partial charge >= 0.3 is 5.97 Å². The van der Waals surface area contributed by atoms with Crippen LogP contribution in [0.25, 0.3) is 0 Å². The molecule has 0 aromatic heterocycles. The van der Waals surface area contributed by atoms with Crippen molar-refractivity contribution >= 4 is 17.4 Å². The van der Waals surface area contributed by atoms with Crippen molar-refractivity contribution in [2.45, 2.75) is 12.8 Å². The Labute approximate surface area is 86.9 Å². The number of aliphatic carboxylic acids is 1. The maximum atomic E-state index is 11.6. The summed E-state index contributed by atoms with van der Waals surface area (Å²) in [6.45, 7) is 0. The normalized spacial score (nSPS) is 9.67. The van der Waals surface area contributed by atoms with Gasteiger partial charge in [0.2, 0.25) is 0 Å². The molecule has 0 saturated carbocycles. The Bertz CT molecular complexity index is 377. The summed E-state index contributed by atoms with van der Waals surface area (Å²) in [6, 6.07) is 6.71. The van der Waals surface area contributed by atoms with Crippen molar-refractivity contribution in [3.8, 4) is 0 Å². The number of carbonyl (C=O) groups is 2. The van der Waals surface area contributed by atoms with Crippen LogP contribution in [-0.4, -0.2) is 16.9 Å². The molecule has 15 heavy (non-hydrogen) atoms. The number of nitrogens with two attached hydrogens (primary N) is 1. The van der Waals surface area contributed by atoms with Crippen LogP contribution >= 0.6 is 0 Å².